The summed E-state index contributed by atoms with van der Waals surface area (Å²) in [5.41, 5.74) is 7.73. The van der Waals surface area contributed by atoms with E-state index in [1.54, 1.807) is 0 Å². The molecule has 0 radical (unpaired) electrons. The predicted molar refractivity (Wildman–Crippen MR) is 86.5 cm³/mol. The normalized spacial score (nSPS) is 21.2. The second-order valence-corrected chi connectivity index (χ2v) is 7.53. The first-order chi connectivity index (χ1) is 9.79. The molecule has 1 aromatic carbocycles. The van der Waals surface area contributed by atoms with Gasteiger partial charge in [-0.25, -0.2) is 4.39 Å². The largest absolute Gasteiger partial charge is 0.326 e. The van der Waals surface area contributed by atoms with E-state index in [0.29, 0.717) is 5.41 Å². The van der Waals surface area contributed by atoms with Crippen LogP contribution in [0.3, 0.4) is 0 Å². The maximum atomic E-state index is 13.1. The maximum Gasteiger partial charge on any atom is 0.123 e. The molecule has 3 heteroatoms. The molecule has 0 bridgehead atoms. The van der Waals surface area contributed by atoms with E-state index in [0.717, 1.165) is 24.6 Å². The Kier molecular flexibility index (Phi) is 5.05. The van der Waals surface area contributed by atoms with E-state index in [2.05, 4.69) is 25.7 Å². The highest BCUT2D eigenvalue weighted by Gasteiger charge is 2.32. The third-order valence-corrected chi connectivity index (χ3v) is 4.86. The van der Waals surface area contributed by atoms with Gasteiger partial charge in [0.15, 0.2) is 0 Å². The monoisotopic (exact) mass is 292 g/mol. The van der Waals surface area contributed by atoms with E-state index in [9.17, 15) is 4.39 Å². The molecule has 1 saturated heterocycles. The van der Waals surface area contributed by atoms with E-state index < -0.39 is 0 Å². The molecule has 1 heterocycles. The molecular weight excluding hydrogens is 263 g/mol. The third-order valence-electron chi connectivity index (χ3n) is 4.86. The Labute approximate surface area is 128 Å². The number of hydrogen-bond acceptors (Lipinski definition) is 2. The van der Waals surface area contributed by atoms with Gasteiger partial charge in [0.25, 0.3) is 0 Å². The molecule has 1 fully saturated rings. The summed E-state index contributed by atoms with van der Waals surface area (Å²) in [5.74, 6) is 0.587. The Morgan fingerprint density at radius 2 is 1.67 bits per heavy atom. The SMILES string of the molecule is CC(N)C(c1ccc(F)cc1)N1CCC(C(C)(C)C)CC1. The van der Waals surface area contributed by atoms with Crippen molar-refractivity contribution in [2.75, 3.05) is 13.1 Å². The van der Waals surface area contributed by atoms with Crippen molar-refractivity contribution in [1.29, 1.82) is 0 Å². The first-order valence-corrected chi connectivity index (χ1v) is 8.04. The van der Waals surface area contributed by atoms with Gasteiger partial charge < -0.3 is 5.73 Å². The van der Waals surface area contributed by atoms with Crippen LogP contribution in [0.25, 0.3) is 0 Å². The number of likely N-dealkylation sites (tertiary alicyclic amines) is 1. The predicted octanol–water partition coefficient (Wildman–Crippen LogP) is 3.97. The Balaban J connectivity index is 2.09. The Hall–Kier alpha value is -0.930. The first-order valence-electron chi connectivity index (χ1n) is 8.04. The summed E-state index contributed by atoms with van der Waals surface area (Å²) < 4.78 is 13.1. The number of benzene rings is 1. The summed E-state index contributed by atoms with van der Waals surface area (Å²) >= 11 is 0. The lowest BCUT2D eigenvalue weighted by atomic mass is 9.75. The summed E-state index contributed by atoms with van der Waals surface area (Å²) in [6, 6.07) is 7.05. The second kappa shape index (κ2) is 6.45. The molecule has 118 valence electrons. The lowest BCUT2D eigenvalue weighted by molar-refractivity contribution is 0.0748. The van der Waals surface area contributed by atoms with Crippen LogP contribution >= 0.6 is 0 Å². The quantitative estimate of drug-likeness (QED) is 0.913. The third kappa shape index (κ3) is 4.04. The number of nitrogens with zero attached hydrogens (tertiary/aromatic N) is 1. The summed E-state index contributed by atoms with van der Waals surface area (Å²) in [7, 11) is 0. The van der Waals surface area contributed by atoms with Crippen LogP contribution in [0, 0.1) is 17.2 Å². The van der Waals surface area contributed by atoms with Gasteiger partial charge in [0, 0.05) is 12.1 Å². The summed E-state index contributed by atoms with van der Waals surface area (Å²) in [6.07, 6.45) is 2.43. The summed E-state index contributed by atoms with van der Waals surface area (Å²) in [6.45, 7) is 11.2. The molecule has 2 N–H and O–H groups in total. The van der Waals surface area contributed by atoms with Crippen molar-refractivity contribution in [3.05, 3.63) is 35.6 Å². The zero-order valence-electron chi connectivity index (χ0n) is 13.8. The zero-order valence-corrected chi connectivity index (χ0v) is 13.8. The molecule has 0 aromatic heterocycles. The highest BCUT2D eigenvalue weighted by Crippen LogP contribution is 2.37. The van der Waals surface area contributed by atoms with Crippen molar-refractivity contribution >= 4 is 0 Å². The van der Waals surface area contributed by atoms with Gasteiger partial charge in [0.05, 0.1) is 0 Å². The van der Waals surface area contributed by atoms with Crippen LogP contribution in [0.5, 0.6) is 0 Å². The van der Waals surface area contributed by atoms with Gasteiger partial charge in [-0.3, -0.25) is 4.90 Å². The van der Waals surface area contributed by atoms with Crippen LogP contribution in [0.4, 0.5) is 4.39 Å². The smallest absolute Gasteiger partial charge is 0.123 e. The fraction of sp³-hybridized carbons (Fsp3) is 0.667. The minimum Gasteiger partial charge on any atom is -0.326 e. The van der Waals surface area contributed by atoms with Gasteiger partial charge in [-0.15, -0.1) is 0 Å². The molecule has 1 aliphatic rings. The van der Waals surface area contributed by atoms with Crippen LogP contribution in [-0.2, 0) is 0 Å². The van der Waals surface area contributed by atoms with E-state index in [4.69, 9.17) is 5.73 Å². The average molecular weight is 292 g/mol. The van der Waals surface area contributed by atoms with E-state index >= 15 is 0 Å². The van der Waals surface area contributed by atoms with Crippen molar-refractivity contribution in [3.63, 3.8) is 0 Å². The lowest BCUT2D eigenvalue weighted by Crippen LogP contribution is -2.45. The summed E-state index contributed by atoms with van der Waals surface area (Å²) in [5, 5.41) is 0. The number of rotatable bonds is 3. The highest BCUT2D eigenvalue weighted by atomic mass is 19.1. The van der Waals surface area contributed by atoms with Crippen molar-refractivity contribution in [2.24, 2.45) is 17.1 Å². The van der Waals surface area contributed by atoms with Crippen LogP contribution in [0.15, 0.2) is 24.3 Å². The highest BCUT2D eigenvalue weighted by molar-refractivity contribution is 5.21. The van der Waals surface area contributed by atoms with Crippen LogP contribution < -0.4 is 5.73 Å². The van der Waals surface area contributed by atoms with E-state index in [-0.39, 0.29) is 17.9 Å². The standard InChI is InChI=1S/C18H29FN2/c1-13(20)17(14-5-7-16(19)8-6-14)21-11-9-15(10-12-21)18(2,3)4/h5-8,13,15,17H,9-12,20H2,1-4H3. The van der Waals surface area contributed by atoms with Crippen LogP contribution in [-0.4, -0.2) is 24.0 Å². The Bertz CT molecular complexity index is 439. The van der Waals surface area contributed by atoms with Crippen LogP contribution in [0.2, 0.25) is 0 Å². The fourth-order valence-corrected chi connectivity index (χ4v) is 3.55. The molecule has 0 amide bonds. The first kappa shape index (κ1) is 16.4. The molecule has 0 aliphatic carbocycles. The molecule has 1 aromatic rings. The average Bonchev–Trinajstić information content (AvgIpc) is 2.40. The van der Waals surface area contributed by atoms with Crippen molar-refractivity contribution in [3.8, 4) is 0 Å². The number of halogens is 1. The fourth-order valence-electron chi connectivity index (χ4n) is 3.55. The van der Waals surface area contributed by atoms with Crippen molar-refractivity contribution in [2.45, 2.75) is 52.6 Å². The van der Waals surface area contributed by atoms with E-state index in [1.165, 1.54) is 25.0 Å². The maximum absolute atomic E-state index is 13.1. The van der Waals surface area contributed by atoms with E-state index in [1.807, 2.05) is 19.1 Å². The molecule has 2 atom stereocenters. The van der Waals surface area contributed by atoms with Gasteiger partial charge >= 0.3 is 0 Å². The summed E-state index contributed by atoms with van der Waals surface area (Å²) in [4.78, 5) is 2.47. The lowest BCUT2D eigenvalue weighted by Gasteiger charge is -2.43. The van der Waals surface area contributed by atoms with Crippen molar-refractivity contribution < 1.29 is 4.39 Å². The number of hydrogen-bond donors (Lipinski definition) is 1. The minimum atomic E-state index is -0.186. The van der Waals surface area contributed by atoms with Crippen LogP contribution in [0.1, 0.15) is 52.1 Å². The van der Waals surface area contributed by atoms with Gasteiger partial charge in [-0.1, -0.05) is 32.9 Å². The molecule has 0 spiro atoms. The van der Waals surface area contributed by atoms with Gasteiger partial charge in [0.1, 0.15) is 5.82 Å². The van der Waals surface area contributed by atoms with Gasteiger partial charge in [0.2, 0.25) is 0 Å². The second-order valence-electron chi connectivity index (χ2n) is 7.53. The molecule has 0 saturated carbocycles. The topological polar surface area (TPSA) is 29.3 Å². The Morgan fingerprint density at radius 3 is 2.10 bits per heavy atom. The molecule has 21 heavy (non-hydrogen) atoms. The zero-order chi connectivity index (χ0) is 15.6. The number of nitrogens with two attached hydrogens (primary N) is 1. The molecule has 2 rings (SSSR count). The molecule has 2 unspecified atom stereocenters. The van der Waals surface area contributed by atoms with Gasteiger partial charge in [-0.05, 0) is 61.9 Å². The van der Waals surface area contributed by atoms with Crippen molar-refractivity contribution in [1.82, 2.24) is 4.90 Å². The molecular formula is C18H29FN2. The molecule has 1 aliphatic heterocycles. The minimum absolute atomic E-state index is 0.0432. The number of piperidine rings is 1. The Morgan fingerprint density at radius 1 is 1.14 bits per heavy atom. The molecule has 2 nitrogen and oxygen atoms in total. The van der Waals surface area contributed by atoms with Gasteiger partial charge in [-0.2, -0.15) is 0 Å².